The van der Waals surface area contributed by atoms with E-state index in [9.17, 15) is 8.42 Å². The lowest BCUT2D eigenvalue weighted by Crippen LogP contribution is -2.12. The molecule has 1 atom stereocenters. The monoisotopic (exact) mass is 411 g/mol. The first-order valence-corrected chi connectivity index (χ1v) is 8.19. The van der Waals surface area contributed by atoms with E-state index in [2.05, 4.69) is 52.8 Å². The summed E-state index contributed by atoms with van der Waals surface area (Å²) in [5.74, 6) is 0. The van der Waals surface area contributed by atoms with Crippen LogP contribution in [-0.4, -0.2) is 15.6 Å². The summed E-state index contributed by atoms with van der Waals surface area (Å²) in [6, 6.07) is 0. The topological polar surface area (TPSA) is 46.5 Å². The fourth-order valence-electron chi connectivity index (χ4n) is 0.754. The Hall–Kier alpha value is 1.02. The van der Waals surface area contributed by atoms with Crippen LogP contribution >= 0.6 is 47.8 Å². The number of hydrogen-bond acceptors (Lipinski definition) is 3. The molecule has 0 spiro atoms. The minimum Gasteiger partial charge on any atom is -0.253 e. The Kier molecular flexibility index (Phi) is 3.96. The lowest BCUT2D eigenvalue weighted by atomic mass is 10.7. The van der Waals surface area contributed by atoms with Gasteiger partial charge in [0, 0.05) is 15.7 Å². The highest BCUT2D eigenvalue weighted by molar-refractivity contribution is 9.39. The van der Waals surface area contributed by atoms with E-state index < -0.39 is 20.9 Å². The molecule has 8 heteroatoms. The Morgan fingerprint density at radius 1 is 1.46 bits per heavy atom. The summed E-state index contributed by atoms with van der Waals surface area (Å²) in [5, 5.41) is 0.603. The molecule has 0 saturated heterocycles. The minimum atomic E-state index is -2.16. The normalized spacial score (nSPS) is 22.6. The molecule has 3 nitrogen and oxygen atoms in total. The molecule has 0 saturated carbocycles. The van der Waals surface area contributed by atoms with Crippen molar-refractivity contribution < 1.29 is 8.42 Å². The summed E-state index contributed by atoms with van der Waals surface area (Å²) in [6.45, 7) is 1.70. The zero-order valence-electron chi connectivity index (χ0n) is 6.29. The van der Waals surface area contributed by atoms with Gasteiger partial charge in [0.2, 0.25) is 0 Å². The van der Waals surface area contributed by atoms with E-state index in [-0.39, 0.29) is 0 Å². The zero-order chi connectivity index (χ0) is 10.2. The number of alkyl halides is 3. The largest absolute Gasteiger partial charge is 0.253 e. The molecule has 0 N–H and O–H groups in total. The van der Waals surface area contributed by atoms with E-state index in [1.165, 1.54) is 0 Å². The number of allylic oxidation sites excluding steroid dienone is 1. The Bertz CT molecular complexity index is 421. The SMILES string of the molecule is CC1=NC=C(C(Br)(Br)Br)S1=S(=O)=O. The van der Waals surface area contributed by atoms with Gasteiger partial charge >= 0.3 is 0 Å². The highest BCUT2D eigenvalue weighted by Crippen LogP contribution is 2.44. The highest BCUT2D eigenvalue weighted by Gasteiger charge is 2.32. The molecular formula is C5H4Br3NO2S2. The molecule has 0 radical (unpaired) electrons. The summed E-state index contributed by atoms with van der Waals surface area (Å²) in [5.41, 5.74) is 0. The summed E-state index contributed by atoms with van der Waals surface area (Å²) in [7, 11) is -3.10. The van der Waals surface area contributed by atoms with Gasteiger partial charge in [0.05, 0.1) is 9.95 Å². The first kappa shape index (κ1) is 12.1. The van der Waals surface area contributed by atoms with Crippen molar-refractivity contribution in [3.8, 4) is 0 Å². The Balaban J connectivity index is 3.32. The van der Waals surface area contributed by atoms with Crippen molar-refractivity contribution in [2.45, 2.75) is 9.07 Å². The first-order valence-electron chi connectivity index (χ1n) is 3.00. The van der Waals surface area contributed by atoms with Crippen LogP contribution in [-0.2, 0) is 18.7 Å². The predicted octanol–water partition coefficient (Wildman–Crippen LogP) is 2.51. The van der Waals surface area contributed by atoms with Gasteiger partial charge in [-0.2, -0.15) is 8.42 Å². The third-order valence-corrected chi connectivity index (χ3v) is 7.12. The third-order valence-electron chi connectivity index (χ3n) is 1.25. The smallest absolute Gasteiger partial charge is 0.250 e. The fourth-order valence-corrected chi connectivity index (χ4v) is 6.32. The zero-order valence-corrected chi connectivity index (χ0v) is 12.7. The molecule has 13 heavy (non-hydrogen) atoms. The van der Waals surface area contributed by atoms with Crippen LogP contribution in [0.15, 0.2) is 16.1 Å². The standard InChI is InChI=1S/C5H4Br3NO2S2/c1-3-9-2-4(5(6,7)8)12(3)13(10)11/h2H,1H3. The first-order chi connectivity index (χ1) is 5.84. The minimum absolute atomic E-state index is 0.603. The van der Waals surface area contributed by atoms with Crippen molar-refractivity contribution in [1.82, 2.24) is 0 Å². The number of nitrogens with zero attached hydrogens (tertiary/aromatic N) is 1. The molecular weight excluding hydrogens is 410 g/mol. The molecule has 0 fully saturated rings. The molecule has 0 amide bonds. The van der Waals surface area contributed by atoms with E-state index in [0.717, 1.165) is 0 Å². The molecule has 0 aromatic heterocycles. The van der Waals surface area contributed by atoms with Gasteiger partial charge in [0.15, 0.2) is 2.14 Å². The second-order valence-electron chi connectivity index (χ2n) is 2.11. The maximum atomic E-state index is 10.9. The predicted molar refractivity (Wildman–Crippen MR) is 67.0 cm³/mol. The maximum absolute atomic E-state index is 10.9. The fraction of sp³-hybridized carbons (Fsp3) is 0.400. The number of halogens is 3. The van der Waals surface area contributed by atoms with Gasteiger partial charge in [0.1, 0.15) is 0 Å². The van der Waals surface area contributed by atoms with Crippen molar-refractivity contribution >= 4 is 71.6 Å². The molecule has 0 aromatic rings. The third kappa shape index (κ3) is 2.74. The Morgan fingerprint density at radius 3 is 2.31 bits per heavy atom. The number of hydrogen-bond donors (Lipinski definition) is 0. The van der Waals surface area contributed by atoms with Gasteiger partial charge in [-0.25, -0.2) is 0 Å². The van der Waals surface area contributed by atoms with E-state index in [0.29, 0.717) is 9.95 Å². The van der Waals surface area contributed by atoms with Crippen LogP contribution in [0.5, 0.6) is 0 Å². The molecule has 1 aliphatic rings. The average molecular weight is 414 g/mol. The van der Waals surface area contributed by atoms with Crippen molar-refractivity contribution in [3.63, 3.8) is 0 Å². The van der Waals surface area contributed by atoms with Crippen LogP contribution in [0, 0.1) is 0 Å². The van der Waals surface area contributed by atoms with Crippen molar-refractivity contribution in [2.75, 3.05) is 0 Å². The van der Waals surface area contributed by atoms with Gasteiger partial charge in [-0.1, -0.05) is 47.8 Å². The van der Waals surface area contributed by atoms with Crippen molar-refractivity contribution in [3.05, 3.63) is 11.1 Å². The lowest BCUT2D eigenvalue weighted by molar-refractivity contribution is 0.628. The van der Waals surface area contributed by atoms with Gasteiger partial charge in [0.25, 0.3) is 9.26 Å². The number of aliphatic imine (C=N–C) groups is 1. The molecule has 1 aliphatic heterocycles. The summed E-state index contributed by atoms with van der Waals surface area (Å²) in [6.07, 6.45) is 1.55. The molecule has 1 rings (SSSR count). The average Bonchev–Trinajstić information content (AvgIpc) is 2.28. The molecule has 1 unspecified atom stereocenters. The summed E-state index contributed by atoms with van der Waals surface area (Å²) >= 11 is 9.80. The molecule has 0 bridgehead atoms. The second kappa shape index (κ2) is 4.26. The van der Waals surface area contributed by atoms with E-state index >= 15 is 0 Å². The van der Waals surface area contributed by atoms with E-state index in [4.69, 9.17) is 0 Å². The molecule has 1 heterocycles. The number of rotatable bonds is 0. The van der Waals surface area contributed by atoms with Crippen molar-refractivity contribution in [2.24, 2.45) is 4.99 Å². The van der Waals surface area contributed by atoms with Crippen LogP contribution in [0.25, 0.3) is 0 Å². The van der Waals surface area contributed by atoms with Gasteiger partial charge < -0.3 is 0 Å². The van der Waals surface area contributed by atoms with Crippen LogP contribution in [0.3, 0.4) is 0 Å². The molecule has 74 valence electrons. The van der Waals surface area contributed by atoms with E-state index in [1.54, 1.807) is 13.1 Å². The summed E-state index contributed by atoms with van der Waals surface area (Å²) < 4.78 is 21.1. The van der Waals surface area contributed by atoms with Gasteiger partial charge in [-0.05, 0) is 6.92 Å². The maximum Gasteiger partial charge on any atom is 0.250 e. The second-order valence-corrected chi connectivity index (χ2v) is 12.7. The molecule has 0 aromatic carbocycles. The summed E-state index contributed by atoms with van der Waals surface area (Å²) in [4.78, 5) is 4.62. The van der Waals surface area contributed by atoms with Crippen LogP contribution in [0.2, 0.25) is 0 Å². The van der Waals surface area contributed by atoms with Crippen molar-refractivity contribution in [1.29, 1.82) is 0 Å². The Labute approximate surface area is 104 Å². The lowest BCUT2D eigenvalue weighted by Gasteiger charge is -2.13. The Morgan fingerprint density at radius 2 is 2.00 bits per heavy atom. The van der Waals surface area contributed by atoms with Crippen LogP contribution < -0.4 is 0 Å². The van der Waals surface area contributed by atoms with Gasteiger partial charge in [-0.3, -0.25) is 4.99 Å². The highest BCUT2D eigenvalue weighted by atomic mass is 80.0. The van der Waals surface area contributed by atoms with E-state index in [1.807, 2.05) is 0 Å². The van der Waals surface area contributed by atoms with Gasteiger partial charge in [-0.15, -0.1) is 0 Å². The molecule has 0 aliphatic carbocycles. The van der Waals surface area contributed by atoms with Crippen LogP contribution in [0.1, 0.15) is 6.92 Å². The van der Waals surface area contributed by atoms with Crippen LogP contribution in [0.4, 0.5) is 0 Å². The quantitative estimate of drug-likeness (QED) is 0.573.